The van der Waals surface area contributed by atoms with Crippen molar-refractivity contribution >= 4 is 10.9 Å². The Kier molecular flexibility index (Phi) is 5.33. The van der Waals surface area contributed by atoms with Gasteiger partial charge in [0.25, 0.3) is 0 Å². The molecule has 2 aromatic rings. The van der Waals surface area contributed by atoms with Gasteiger partial charge in [-0.15, -0.1) is 0 Å². The predicted molar refractivity (Wildman–Crippen MR) is 101 cm³/mol. The number of ether oxygens (including phenoxy) is 2. The van der Waals surface area contributed by atoms with E-state index in [4.69, 9.17) is 9.47 Å². The van der Waals surface area contributed by atoms with E-state index in [0.29, 0.717) is 35.0 Å². The van der Waals surface area contributed by atoms with E-state index in [1.165, 1.54) is 19.3 Å². The molecule has 2 heterocycles. The molecule has 5 nitrogen and oxygen atoms in total. The Morgan fingerprint density at radius 3 is 2.60 bits per heavy atom. The second-order valence-electron chi connectivity index (χ2n) is 6.81. The summed E-state index contributed by atoms with van der Waals surface area (Å²) in [5.74, 6) is 1.25. The summed E-state index contributed by atoms with van der Waals surface area (Å²) >= 11 is 0. The van der Waals surface area contributed by atoms with Crippen LogP contribution in [0.5, 0.6) is 11.5 Å². The standard InChI is InChI=1S/C20H28N2O3/c1-5-14-8-6-7-11-22(14)12-15-13(2)21-19-17(25-4)10-9-16(24-3)18(19)20(15)23/h9-10,14H,5-8,11-12H2,1-4H3,(H,21,23)/t14-/m0/s1. The van der Waals surface area contributed by atoms with Crippen molar-refractivity contribution in [2.45, 2.75) is 52.1 Å². The molecule has 136 valence electrons. The molecule has 5 heteroatoms. The molecule has 1 saturated heterocycles. The van der Waals surface area contributed by atoms with E-state index < -0.39 is 0 Å². The van der Waals surface area contributed by atoms with Crippen molar-refractivity contribution in [3.05, 3.63) is 33.6 Å². The van der Waals surface area contributed by atoms with Gasteiger partial charge in [0, 0.05) is 23.8 Å². The first-order chi connectivity index (χ1) is 12.1. The molecule has 1 fully saturated rings. The van der Waals surface area contributed by atoms with E-state index in [1.54, 1.807) is 20.3 Å². The molecule has 1 aromatic carbocycles. The fraction of sp³-hybridized carbons (Fsp3) is 0.550. The van der Waals surface area contributed by atoms with Crippen molar-refractivity contribution in [1.82, 2.24) is 9.88 Å². The maximum atomic E-state index is 13.3. The number of benzene rings is 1. The summed E-state index contributed by atoms with van der Waals surface area (Å²) in [4.78, 5) is 19.1. The number of H-pyrrole nitrogens is 1. The van der Waals surface area contributed by atoms with Crippen LogP contribution in [0.25, 0.3) is 10.9 Å². The minimum atomic E-state index is 0.0439. The first-order valence-electron chi connectivity index (χ1n) is 9.11. The summed E-state index contributed by atoms with van der Waals surface area (Å²) in [6.07, 6.45) is 4.84. The number of hydrogen-bond acceptors (Lipinski definition) is 4. The molecule has 1 N–H and O–H groups in total. The van der Waals surface area contributed by atoms with Crippen LogP contribution in [0.3, 0.4) is 0 Å². The normalized spacial score (nSPS) is 18.5. The van der Waals surface area contributed by atoms with Crippen molar-refractivity contribution in [1.29, 1.82) is 0 Å². The van der Waals surface area contributed by atoms with Gasteiger partial charge in [0.05, 0.1) is 25.1 Å². The van der Waals surface area contributed by atoms with Crippen molar-refractivity contribution in [2.24, 2.45) is 0 Å². The number of nitrogens with one attached hydrogen (secondary N) is 1. The highest BCUT2D eigenvalue weighted by Crippen LogP contribution is 2.31. The Labute approximate surface area is 148 Å². The van der Waals surface area contributed by atoms with E-state index in [2.05, 4.69) is 16.8 Å². The number of nitrogens with zero attached hydrogens (tertiary/aromatic N) is 1. The first kappa shape index (κ1) is 17.8. The lowest BCUT2D eigenvalue weighted by Gasteiger charge is -2.35. The Bertz CT molecular complexity index is 813. The summed E-state index contributed by atoms with van der Waals surface area (Å²) in [6, 6.07) is 4.19. The molecule has 0 amide bonds. The quantitative estimate of drug-likeness (QED) is 0.900. The highest BCUT2D eigenvalue weighted by atomic mass is 16.5. The summed E-state index contributed by atoms with van der Waals surface area (Å²) < 4.78 is 10.9. The van der Waals surface area contributed by atoms with E-state index >= 15 is 0 Å². The second kappa shape index (κ2) is 7.48. The number of pyridine rings is 1. The lowest BCUT2D eigenvalue weighted by molar-refractivity contribution is 0.135. The maximum Gasteiger partial charge on any atom is 0.198 e. The van der Waals surface area contributed by atoms with E-state index in [9.17, 15) is 4.79 Å². The van der Waals surface area contributed by atoms with Crippen molar-refractivity contribution in [3.63, 3.8) is 0 Å². The second-order valence-corrected chi connectivity index (χ2v) is 6.81. The number of aryl methyl sites for hydroxylation is 1. The van der Waals surface area contributed by atoms with Crippen molar-refractivity contribution < 1.29 is 9.47 Å². The van der Waals surface area contributed by atoms with Gasteiger partial charge in [0.15, 0.2) is 5.43 Å². The summed E-state index contributed by atoms with van der Waals surface area (Å²) in [6.45, 7) is 5.95. The van der Waals surface area contributed by atoms with Crippen LogP contribution in [0.4, 0.5) is 0 Å². The zero-order chi connectivity index (χ0) is 18.0. The number of hydrogen-bond donors (Lipinski definition) is 1. The third kappa shape index (κ3) is 3.25. The zero-order valence-corrected chi connectivity index (χ0v) is 15.6. The first-order valence-corrected chi connectivity index (χ1v) is 9.11. The molecular weight excluding hydrogens is 316 g/mol. The predicted octanol–water partition coefficient (Wildman–Crippen LogP) is 3.62. The number of aromatic nitrogens is 1. The van der Waals surface area contributed by atoms with Crippen LogP contribution in [-0.2, 0) is 6.54 Å². The van der Waals surface area contributed by atoms with Gasteiger partial charge < -0.3 is 14.5 Å². The van der Waals surface area contributed by atoms with Gasteiger partial charge in [-0.3, -0.25) is 9.69 Å². The molecule has 0 unspecified atom stereocenters. The molecule has 1 atom stereocenters. The minimum absolute atomic E-state index is 0.0439. The van der Waals surface area contributed by atoms with Crippen LogP contribution in [0.1, 0.15) is 43.9 Å². The average Bonchev–Trinajstić information content (AvgIpc) is 2.64. The van der Waals surface area contributed by atoms with Crippen LogP contribution in [-0.4, -0.2) is 36.7 Å². The van der Waals surface area contributed by atoms with Gasteiger partial charge in [-0.25, -0.2) is 0 Å². The molecule has 3 rings (SSSR count). The minimum Gasteiger partial charge on any atom is -0.496 e. The van der Waals surface area contributed by atoms with Crippen molar-refractivity contribution in [3.8, 4) is 11.5 Å². The number of methoxy groups -OCH3 is 2. The molecule has 1 aliphatic rings. The number of rotatable bonds is 5. The third-order valence-corrected chi connectivity index (χ3v) is 5.42. The highest BCUT2D eigenvalue weighted by molar-refractivity contribution is 5.90. The van der Waals surface area contributed by atoms with Crippen LogP contribution < -0.4 is 14.9 Å². The number of fused-ring (bicyclic) bond motifs is 1. The lowest BCUT2D eigenvalue weighted by atomic mass is 9.98. The SMILES string of the molecule is CC[C@H]1CCCCN1Cc1c(C)[nH]c2c(OC)ccc(OC)c2c1=O. The molecule has 25 heavy (non-hydrogen) atoms. The molecule has 0 saturated carbocycles. The van der Waals surface area contributed by atoms with E-state index in [0.717, 1.165) is 24.2 Å². The van der Waals surface area contributed by atoms with Gasteiger partial charge in [-0.2, -0.15) is 0 Å². The topological polar surface area (TPSA) is 54.6 Å². The Hall–Kier alpha value is -2.01. The molecular formula is C20H28N2O3. The zero-order valence-electron chi connectivity index (χ0n) is 15.6. The van der Waals surface area contributed by atoms with Gasteiger partial charge >= 0.3 is 0 Å². The van der Waals surface area contributed by atoms with Gasteiger partial charge in [-0.05, 0) is 44.9 Å². The molecule has 0 bridgehead atoms. The number of aromatic amines is 1. The van der Waals surface area contributed by atoms with Gasteiger partial charge in [0.2, 0.25) is 0 Å². The van der Waals surface area contributed by atoms with Crippen molar-refractivity contribution in [2.75, 3.05) is 20.8 Å². The molecule has 0 aliphatic carbocycles. The summed E-state index contributed by atoms with van der Waals surface area (Å²) in [5, 5.41) is 0.576. The highest BCUT2D eigenvalue weighted by Gasteiger charge is 2.24. The van der Waals surface area contributed by atoms with E-state index in [1.807, 2.05) is 13.0 Å². The average molecular weight is 344 g/mol. The Morgan fingerprint density at radius 1 is 1.20 bits per heavy atom. The van der Waals surface area contributed by atoms with Gasteiger partial charge in [0.1, 0.15) is 11.5 Å². The summed E-state index contributed by atoms with van der Waals surface area (Å²) in [5.41, 5.74) is 2.49. The van der Waals surface area contributed by atoms with Crippen LogP contribution in [0.2, 0.25) is 0 Å². The molecule has 0 radical (unpaired) electrons. The molecule has 1 aliphatic heterocycles. The third-order valence-electron chi connectivity index (χ3n) is 5.42. The number of piperidine rings is 1. The van der Waals surface area contributed by atoms with Crippen LogP contribution in [0, 0.1) is 6.92 Å². The van der Waals surface area contributed by atoms with Crippen LogP contribution in [0.15, 0.2) is 16.9 Å². The number of likely N-dealkylation sites (tertiary alicyclic amines) is 1. The lowest BCUT2D eigenvalue weighted by Crippen LogP contribution is -2.39. The maximum absolute atomic E-state index is 13.3. The molecule has 1 aromatic heterocycles. The van der Waals surface area contributed by atoms with Gasteiger partial charge in [-0.1, -0.05) is 13.3 Å². The fourth-order valence-corrected chi connectivity index (χ4v) is 3.96. The van der Waals surface area contributed by atoms with Crippen LogP contribution >= 0.6 is 0 Å². The Morgan fingerprint density at radius 2 is 1.92 bits per heavy atom. The summed E-state index contributed by atoms with van der Waals surface area (Å²) in [7, 11) is 3.21. The van der Waals surface area contributed by atoms with E-state index in [-0.39, 0.29) is 5.43 Å². The Balaban J connectivity index is 2.11. The largest absolute Gasteiger partial charge is 0.496 e. The fourth-order valence-electron chi connectivity index (χ4n) is 3.96. The monoisotopic (exact) mass is 344 g/mol. The molecule has 0 spiro atoms. The smallest absolute Gasteiger partial charge is 0.198 e.